The maximum Gasteiger partial charge on any atom is 0.230 e. The molecule has 94 valence electrons. The van der Waals surface area contributed by atoms with Crippen LogP contribution in [0.1, 0.15) is 10.7 Å². The number of aromatic nitrogens is 1. The summed E-state index contributed by atoms with van der Waals surface area (Å²) in [4.78, 5) is 15.9. The number of hydrogen-bond donors (Lipinski definition) is 1. The van der Waals surface area contributed by atoms with Gasteiger partial charge in [-0.25, -0.2) is 9.37 Å². The Balaban J connectivity index is 2.03. The van der Waals surface area contributed by atoms with Crippen LogP contribution in [0.4, 0.5) is 10.1 Å². The molecule has 18 heavy (non-hydrogen) atoms. The van der Waals surface area contributed by atoms with E-state index in [0.29, 0.717) is 10.7 Å². The van der Waals surface area contributed by atoms with E-state index >= 15 is 0 Å². The van der Waals surface area contributed by atoms with Crippen LogP contribution in [0, 0.1) is 12.7 Å². The van der Waals surface area contributed by atoms with E-state index in [1.165, 1.54) is 23.5 Å². The Morgan fingerprint density at radius 2 is 2.33 bits per heavy atom. The highest BCUT2D eigenvalue weighted by atomic mass is 35.5. The van der Waals surface area contributed by atoms with E-state index in [1.54, 1.807) is 0 Å². The molecule has 0 unspecified atom stereocenters. The summed E-state index contributed by atoms with van der Waals surface area (Å²) in [6.07, 6.45) is 0.131. The van der Waals surface area contributed by atoms with Crippen molar-refractivity contribution < 1.29 is 9.18 Å². The molecule has 0 aliphatic rings. The quantitative estimate of drug-likeness (QED) is 0.938. The van der Waals surface area contributed by atoms with Crippen molar-refractivity contribution in [1.82, 2.24) is 4.98 Å². The minimum atomic E-state index is -0.551. The lowest BCUT2D eigenvalue weighted by molar-refractivity contribution is -0.115. The van der Waals surface area contributed by atoms with E-state index in [9.17, 15) is 9.18 Å². The van der Waals surface area contributed by atoms with Crippen LogP contribution in [-0.2, 0) is 11.2 Å². The fourth-order valence-corrected chi connectivity index (χ4v) is 2.21. The van der Waals surface area contributed by atoms with Gasteiger partial charge in [0, 0.05) is 10.4 Å². The summed E-state index contributed by atoms with van der Waals surface area (Å²) in [6.45, 7) is 1.87. The zero-order valence-corrected chi connectivity index (χ0v) is 11.1. The number of nitrogens with zero attached hydrogens (tertiary/aromatic N) is 1. The fraction of sp³-hybridized carbons (Fsp3) is 0.167. The Kier molecular flexibility index (Phi) is 3.93. The molecule has 0 saturated heterocycles. The summed E-state index contributed by atoms with van der Waals surface area (Å²) in [5.74, 6) is -0.855. The van der Waals surface area contributed by atoms with Crippen LogP contribution in [0.25, 0.3) is 0 Å². The highest BCUT2D eigenvalue weighted by molar-refractivity contribution is 7.09. The van der Waals surface area contributed by atoms with E-state index in [4.69, 9.17) is 11.6 Å². The highest BCUT2D eigenvalue weighted by Gasteiger charge is 2.09. The van der Waals surface area contributed by atoms with Gasteiger partial charge in [-0.05, 0) is 25.1 Å². The second kappa shape index (κ2) is 5.46. The zero-order chi connectivity index (χ0) is 13.1. The minimum absolute atomic E-state index is 0.122. The van der Waals surface area contributed by atoms with Crippen molar-refractivity contribution in [3.63, 3.8) is 0 Å². The number of hydrogen-bond acceptors (Lipinski definition) is 3. The van der Waals surface area contributed by atoms with Crippen LogP contribution in [0.5, 0.6) is 0 Å². The zero-order valence-electron chi connectivity index (χ0n) is 9.54. The predicted molar refractivity (Wildman–Crippen MR) is 70.6 cm³/mol. The van der Waals surface area contributed by atoms with Gasteiger partial charge in [-0.1, -0.05) is 11.6 Å². The van der Waals surface area contributed by atoms with Crippen molar-refractivity contribution in [2.75, 3.05) is 5.32 Å². The van der Waals surface area contributed by atoms with Crippen LogP contribution in [0.2, 0.25) is 5.02 Å². The highest BCUT2D eigenvalue weighted by Crippen LogP contribution is 2.19. The lowest BCUT2D eigenvalue weighted by Crippen LogP contribution is -2.15. The first kappa shape index (κ1) is 13.0. The maximum atomic E-state index is 13.4. The predicted octanol–water partition coefficient (Wildman–Crippen LogP) is 3.43. The first-order valence-electron chi connectivity index (χ1n) is 5.20. The van der Waals surface area contributed by atoms with Crippen LogP contribution >= 0.6 is 22.9 Å². The first-order chi connectivity index (χ1) is 8.54. The molecule has 0 fully saturated rings. The third kappa shape index (κ3) is 3.27. The molecule has 1 amide bonds. The van der Waals surface area contributed by atoms with Gasteiger partial charge in [-0.15, -0.1) is 11.3 Å². The molecular formula is C12H10ClFN2OS. The van der Waals surface area contributed by atoms with Crippen molar-refractivity contribution in [3.05, 3.63) is 45.1 Å². The number of aryl methyl sites for hydroxylation is 1. The Hall–Kier alpha value is -1.46. The summed E-state index contributed by atoms with van der Waals surface area (Å²) in [6, 6.07) is 4.11. The topological polar surface area (TPSA) is 42.0 Å². The summed E-state index contributed by atoms with van der Waals surface area (Å²) in [5, 5.41) is 5.49. The molecule has 1 N–H and O–H groups in total. The number of thiazole rings is 1. The summed E-state index contributed by atoms with van der Waals surface area (Å²) < 4.78 is 13.4. The molecular weight excluding hydrogens is 275 g/mol. The average Bonchev–Trinajstić information content (AvgIpc) is 2.68. The van der Waals surface area contributed by atoms with Crippen molar-refractivity contribution in [1.29, 1.82) is 0 Å². The third-order valence-corrected chi connectivity index (χ3v) is 3.27. The van der Waals surface area contributed by atoms with Gasteiger partial charge in [0.1, 0.15) is 5.82 Å². The summed E-state index contributed by atoms with van der Waals surface area (Å²) in [5.41, 5.74) is 0.806. The maximum absolute atomic E-state index is 13.4. The number of carbonyl (C=O) groups excluding carboxylic acids is 1. The Morgan fingerprint density at radius 3 is 2.94 bits per heavy atom. The van der Waals surface area contributed by atoms with E-state index in [1.807, 2.05) is 12.3 Å². The molecule has 0 bridgehead atoms. The Labute approximate surface area is 113 Å². The summed E-state index contributed by atoms with van der Waals surface area (Å²) >= 11 is 7.10. The molecule has 1 aromatic heterocycles. The minimum Gasteiger partial charge on any atom is -0.323 e. The standard InChI is InChI=1S/C12H10ClFN2OS/c1-7-15-9(6-18-7)5-12(17)16-11-3-2-8(13)4-10(11)14/h2-4,6H,5H2,1H3,(H,16,17). The fourth-order valence-electron chi connectivity index (χ4n) is 1.44. The molecule has 1 aromatic carbocycles. The number of halogens is 2. The first-order valence-corrected chi connectivity index (χ1v) is 6.46. The van der Waals surface area contributed by atoms with E-state index in [2.05, 4.69) is 10.3 Å². The van der Waals surface area contributed by atoms with Crippen LogP contribution in [0.15, 0.2) is 23.6 Å². The normalized spacial score (nSPS) is 10.4. The smallest absolute Gasteiger partial charge is 0.230 e. The molecule has 0 aliphatic heterocycles. The van der Waals surface area contributed by atoms with Gasteiger partial charge in [0.05, 0.1) is 22.8 Å². The molecule has 6 heteroatoms. The molecule has 0 atom stereocenters. The van der Waals surface area contributed by atoms with Crippen molar-refractivity contribution in [2.24, 2.45) is 0 Å². The van der Waals surface area contributed by atoms with E-state index in [-0.39, 0.29) is 18.0 Å². The number of amides is 1. The molecule has 0 spiro atoms. The van der Waals surface area contributed by atoms with Crippen LogP contribution in [-0.4, -0.2) is 10.9 Å². The van der Waals surface area contributed by atoms with Crippen molar-refractivity contribution in [3.8, 4) is 0 Å². The number of benzene rings is 1. The molecule has 0 radical (unpaired) electrons. The van der Waals surface area contributed by atoms with E-state index < -0.39 is 5.82 Å². The van der Waals surface area contributed by atoms with Gasteiger partial charge in [-0.2, -0.15) is 0 Å². The monoisotopic (exact) mass is 284 g/mol. The van der Waals surface area contributed by atoms with Crippen LogP contribution in [0.3, 0.4) is 0 Å². The lowest BCUT2D eigenvalue weighted by atomic mass is 10.2. The molecule has 3 nitrogen and oxygen atoms in total. The number of carbonyl (C=O) groups is 1. The van der Waals surface area contributed by atoms with Gasteiger partial charge in [0.25, 0.3) is 0 Å². The van der Waals surface area contributed by atoms with Crippen molar-refractivity contribution >= 4 is 34.5 Å². The van der Waals surface area contributed by atoms with Gasteiger partial charge >= 0.3 is 0 Å². The molecule has 2 rings (SSSR count). The second-order valence-corrected chi connectivity index (χ2v) is 5.21. The van der Waals surface area contributed by atoms with Gasteiger partial charge < -0.3 is 5.32 Å². The van der Waals surface area contributed by atoms with E-state index in [0.717, 1.165) is 11.1 Å². The van der Waals surface area contributed by atoms with Gasteiger partial charge in [0.15, 0.2) is 0 Å². The lowest BCUT2D eigenvalue weighted by Gasteiger charge is -2.05. The van der Waals surface area contributed by atoms with Gasteiger partial charge in [0.2, 0.25) is 5.91 Å². The summed E-state index contributed by atoms with van der Waals surface area (Å²) in [7, 11) is 0. The number of rotatable bonds is 3. The third-order valence-electron chi connectivity index (χ3n) is 2.21. The molecule has 0 aliphatic carbocycles. The van der Waals surface area contributed by atoms with Gasteiger partial charge in [-0.3, -0.25) is 4.79 Å². The second-order valence-electron chi connectivity index (χ2n) is 3.71. The SMILES string of the molecule is Cc1nc(CC(=O)Nc2ccc(Cl)cc2F)cs1. The van der Waals surface area contributed by atoms with Crippen LogP contribution < -0.4 is 5.32 Å². The van der Waals surface area contributed by atoms with Crippen molar-refractivity contribution in [2.45, 2.75) is 13.3 Å². The average molecular weight is 285 g/mol. The molecule has 1 heterocycles. The Morgan fingerprint density at radius 1 is 1.56 bits per heavy atom. The molecule has 0 saturated carbocycles. The largest absolute Gasteiger partial charge is 0.323 e. The molecule has 2 aromatic rings. The Bertz CT molecular complexity index is 585. The number of anilines is 1. The number of nitrogens with one attached hydrogen (secondary N) is 1.